The summed E-state index contributed by atoms with van der Waals surface area (Å²) in [5, 5.41) is 3.28. The van der Waals surface area contributed by atoms with Crippen molar-refractivity contribution in [2.24, 2.45) is 0 Å². The van der Waals surface area contributed by atoms with Gasteiger partial charge in [0.15, 0.2) is 5.13 Å². The molecule has 7 heteroatoms. The molecular formula is C14H14N4O2S. The van der Waals surface area contributed by atoms with Crippen LogP contribution in [-0.4, -0.2) is 15.9 Å². The number of anilines is 1. The number of hydrogen-bond donors (Lipinski definition) is 2. The number of aryl methyl sites for hydroxylation is 2. The lowest BCUT2D eigenvalue weighted by Gasteiger charge is -2.02. The quantitative estimate of drug-likeness (QED) is 0.775. The molecule has 0 aliphatic rings. The van der Waals surface area contributed by atoms with Crippen LogP contribution in [0.3, 0.4) is 0 Å². The van der Waals surface area contributed by atoms with Crippen molar-refractivity contribution >= 4 is 32.6 Å². The molecule has 2 aromatic heterocycles. The Kier molecular flexibility index (Phi) is 3.34. The molecule has 0 bridgehead atoms. The van der Waals surface area contributed by atoms with E-state index in [-0.39, 0.29) is 12.5 Å². The molecule has 0 saturated heterocycles. The molecule has 0 aliphatic heterocycles. The SMILES string of the molecule is Cc1nc(CNC(=O)c2ccc3nc(N)sc3c2)oc1C. The Labute approximate surface area is 125 Å². The third-order valence-electron chi connectivity index (χ3n) is 3.14. The third-order valence-corrected chi connectivity index (χ3v) is 3.99. The van der Waals surface area contributed by atoms with Crippen molar-refractivity contribution in [3.8, 4) is 0 Å². The highest BCUT2D eigenvalue weighted by Gasteiger charge is 2.11. The second kappa shape index (κ2) is 5.17. The fourth-order valence-corrected chi connectivity index (χ4v) is 2.73. The summed E-state index contributed by atoms with van der Waals surface area (Å²) in [5.74, 6) is 1.08. The first-order valence-electron chi connectivity index (χ1n) is 6.40. The van der Waals surface area contributed by atoms with Gasteiger partial charge in [-0.15, -0.1) is 0 Å². The minimum atomic E-state index is -0.183. The first kappa shape index (κ1) is 13.6. The number of nitrogen functional groups attached to an aromatic ring is 1. The Bertz CT molecular complexity index is 802. The number of nitrogens with two attached hydrogens (primary N) is 1. The van der Waals surface area contributed by atoms with Gasteiger partial charge >= 0.3 is 0 Å². The molecule has 6 nitrogen and oxygen atoms in total. The normalized spacial score (nSPS) is 11.0. The largest absolute Gasteiger partial charge is 0.444 e. The lowest BCUT2D eigenvalue weighted by atomic mass is 10.2. The Balaban J connectivity index is 1.74. The van der Waals surface area contributed by atoms with Gasteiger partial charge in [-0.1, -0.05) is 11.3 Å². The van der Waals surface area contributed by atoms with Crippen LogP contribution < -0.4 is 11.1 Å². The summed E-state index contributed by atoms with van der Waals surface area (Å²) in [7, 11) is 0. The summed E-state index contributed by atoms with van der Waals surface area (Å²) in [6.45, 7) is 3.97. The fourth-order valence-electron chi connectivity index (χ4n) is 1.96. The van der Waals surface area contributed by atoms with Gasteiger partial charge in [0, 0.05) is 5.56 Å². The molecule has 3 N–H and O–H groups in total. The monoisotopic (exact) mass is 302 g/mol. The number of carbonyl (C=O) groups excluding carboxylic acids is 1. The number of oxazole rings is 1. The first-order chi connectivity index (χ1) is 10.0. The van der Waals surface area contributed by atoms with Gasteiger partial charge < -0.3 is 15.5 Å². The lowest BCUT2D eigenvalue weighted by Crippen LogP contribution is -2.22. The van der Waals surface area contributed by atoms with Crippen LogP contribution >= 0.6 is 11.3 Å². The third kappa shape index (κ3) is 2.73. The molecule has 3 aromatic rings. The van der Waals surface area contributed by atoms with E-state index >= 15 is 0 Å². The number of carbonyl (C=O) groups is 1. The van der Waals surface area contributed by atoms with Crippen molar-refractivity contribution < 1.29 is 9.21 Å². The van der Waals surface area contributed by atoms with E-state index in [2.05, 4.69) is 15.3 Å². The van der Waals surface area contributed by atoms with E-state index in [0.717, 1.165) is 21.7 Å². The van der Waals surface area contributed by atoms with E-state index < -0.39 is 0 Å². The number of nitrogens with one attached hydrogen (secondary N) is 1. The highest BCUT2D eigenvalue weighted by atomic mass is 32.1. The zero-order valence-electron chi connectivity index (χ0n) is 11.6. The molecular weight excluding hydrogens is 288 g/mol. The van der Waals surface area contributed by atoms with Gasteiger partial charge in [0.2, 0.25) is 5.89 Å². The number of hydrogen-bond acceptors (Lipinski definition) is 6. The van der Waals surface area contributed by atoms with E-state index in [9.17, 15) is 4.79 Å². The van der Waals surface area contributed by atoms with Crippen LogP contribution in [-0.2, 0) is 6.54 Å². The average Bonchev–Trinajstić information content (AvgIpc) is 2.97. The van der Waals surface area contributed by atoms with Gasteiger partial charge in [-0.25, -0.2) is 9.97 Å². The number of thiazole rings is 1. The second-order valence-electron chi connectivity index (χ2n) is 4.67. The Hall–Kier alpha value is -2.41. The maximum Gasteiger partial charge on any atom is 0.251 e. The molecule has 0 radical (unpaired) electrons. The topological polar surface area (TPSA) is 94.0 Å². The van der Waals surface area contributed by atoms with Gasteiger partial charge in [-0.2, -0.15) is 0 Å². The number of amides is 1. The van der Waals surface area contributed by atoms with Gasteiger partial charge in [0.25, 0.3) is 5.91 Å². The molecule has 0 spiro atoms. The standard InChI is InChI=1S/C14H14N4O2S/c1-7-8(2)20-12(17-7)6-16-13(19)9-3-4-10-11(5-9)21-14(15)18-10/h3-5H,6H2,1-2H3,(H2,15,18)(H,16,19). The molecule has 21 heavy (non-hydrogen) atoms. The van der Waals surface area contributed by atoms with E-state index in [1.54, 1.807) is 18.2 Å². The van der Waals surface area contributed by atoms with Crippen molar-refractivity contribution in [1.82, 2.24) is 15.3 Å². The van der Waals surface area contributed by atoms with E-state index in [0.29, 0.717) is 16.6 Å². The molecule has 0 aliphatic carbocycles. The summed E-state index contributed by atoms with van der Waals surface area (Å²) < 4.78 is 6.32. The molecule has 0 saturated carbocycles. The van der Waals surface area contributed by atoms with Crippen LogP contribution in [0.4, 0.5) is 5.13 Å². The van der Waals surface area contributed by atoms with Gasteiger partial charge in [-0.05, 0) is 32.0 Å². The molecule has 1 amide bonds. The van der Waals surface area contributed by atoms with Crippen LogP contribution in [0.1, 0.15) is 27.7 Å². The Morgan fingerprint density at radius 1 is 1.38 bits per heavy atom. The summed E-state index contributed by atoms with van der Waals surface area (Å²) in [5.41, 5.74) is 7.85. The van der Waals surface area contributed by atoms with Crippen molar-refractivity contribution in [2.45, 2.75) is 20.4 Å². The maximum atomic E-state index is 12.1. The van der Waals surface area contributed by atoms with Crippen LogP contribution in [0.5, 0.6) is 0 Å². The lowest BCUT2D eigenvalue weighted by molar-refractivity contribution is 0.0947. The summed E-state index contributed by atoms with van der Waals surface area (Å²) in [4.78, 5) is 20.5. The Morgan fingerprint density at radius 3 is 2.90 bits per heavy atom. The number of aromatic nitrogens is 2. The van der Waals surface area contributed by atoms with Crippen LogP contribution in [0.2, 0.25) is 0 Å². The highest BCUT2D eigenvalue weighted by Crippen LogP contribution is 2.24. The zero-order valence-corrected chi connectivity index (χ0v) is 12.5. The molecule has 1 aromatic carbocycles. The molecule has 108 valence electrons. The van der Waals surface area contributed by atoms with Crippen LogP contribution in [0, 0.1) is 13.8 Å². The summed E-state index contributed by atoms with van der Waals surface area (Å²) in [6, 6.07) is 5.30. The van der Waals surface area contributed by atoms with Gasteiger partial charge in [0.1, 0.15) is 5.76 Å². The minimum Gasteiger partial charge on any atom is -0.444 e. The van der Waals surface area contributed by atoms with Crippen LogP contribution in [0.15, 0.2) is 22.6 Å². The maximum absolute atomic E-state index is 12.1. The fraction of sp³-hybridized carbons (Fsp3) is 0.214. The van der Waals surface area contributed by atoms with Gasteiger partial charge in [-0.3, -0.25) is 4.79 Å². The van der Waals surface area contributed by atoms with E-state index in [1.165, 1.54) is 11.3 Å². The van der Waals surface area contributed by atoms with Crippen LogP contribution in [0.25, 0.3) is 10.2 Å². The molecule has 0 unspecified atom stereocenters. The van der Waals surface area contributed by atoms with Crippen molar-refractivity contribution in [3.05, 3.63) is 41.1 Å². The number of nitrogens with zero attached hydrogens (tertiary/aromatic N) is 2. The first-order valence-corrected chi connectivity index (χ1v) is 7.22. The molecule has 0 atom stereocenters. The number of benzene rings is 1. The zero-order chi connectivity index (χ0) is 15.0. The number of fused-ring (bicyclic) bond motifs is 1. The highest BCUT2D eigenvalue weighted by molar-refractivity contribution is 7.22. The summed E-state index contributed by atoms with van der Waals surface area (Å²) >= 11 is 1.36. The Morgan fingerprint density at radius 2 is 2.19 bits per heavy atom. The van der Waals surface area contributed by atoms with Crippen molar-refractivity contribution in [3.63, 3.8) is 0 Å². The second-order valence-corrected chi connectivity index (χ2v) is 5.73. The average molecular weight is 302 g/mol. The molecule has 2 heterocycles. The smallest absolute Gasteiger partial charge is 0.251 e. The minimum absolute atomic E-state index is 0.183. The predicted molar refractivity (Wildman–Crippen MR) is 81.2 cm³/mol. The van der Waals surface area contributed by atoms with E-state index in [4.69, 9.17) is 10.2 Å². The molecule has 3 rings (SSSR count). The van der Waals surface area contributed by atoms with Crippen molar-refractivity contribution in [1.29, 1.82) is 0 Å². The van der Waals surface area contributed by atoms with Crippen molar-refractivity contribution in [2.75, 3.05) is 5.73 Å². The van der Waals surface area contributed by atoms with Gasteiger partial charge in [0.05, 0.1) is 22.5 Å². The predicted octanol–water partition coefficient (Wildman–Crippen LogP) is 2.41. The molecule has 0 fully saturated rings. The summed E-state index contributed by atoms with van der Waals surface area (Å²) in [6.07, 6.45) is 0. The van der Waals surface area contributed by atoms with E-state index in [1.807, 2.05) is 13.8 Å². The number of rotatable bonds is 3.